The Kier molecular flexibility index (Phi) is 5.48. The van der Waals surface area contributed by atoms with Gasteiger partial charge in [-0.05, 0) is 43.0 Å². The van der Waals surface area contributed by atoms with Crippen molar-refractivity contribution in [3.05, 3.63) is 65.5 Å². The summed E-state index contributed by atoms with van der Waals surface area (Å²) in [4.78, 5) is 2.02. The molecule has 2 N–H and O–H groups in total. The fourth-order valence-corrected chi connectivity index (χ4v) is 3.15. The second kappa shape index (κ2) is 7.77. The predicted molar refractivity (Wildman–Crippen MR) is 95.6 cm³/mol. The summed E-state index contributed by atoms with van der Waals surface area (Å²) in [6.07, 6.45) is 1.17. The molecule has 2 aromatic carbocycles. The summed E-state index contributed by atoms with van der Waals surface area (Å²) in [5.74, 6) is -0.182. The van der Waals surface area contributed by atoms with Gasteiger partial charge in [0.25, 0.3) is 0 Å². The van der Waals surface area contributed by atoms with E-state index in [0.29, 0.717) is 38.2 Å². The standard InChI is InChI=1S/C20H25FN2O/c1-15(17-5-3-2-4-6-17)22-14-16-7-8-20(19(21)13-16)23-11-9-18(24)10-12-23/h2-8,13,15,18,22,24H,9-12,14H2,1H3. The molecule has 0 bridgehead atoms. The number of anilines is 1. The molecule has 3 nitrogen and oxygen atoms in total. The van der Waals surface area contributed by atoms with E-state index < -0.39 is 0 Å². The monoisotopic (exact) mass is 328 g/mol. The highest BCUT2D eigenvalue weighted by molar-refractivity contribution is 5.49. The summed E-state index contributed by atoms with van der Waals surface area (Å²) in [6, 6.07) is 15.9. The fourth-order valence-electron chi connectivity index (χ4n) is 3.15. The van der Waals surface area contributed by atoms with Gasteiger partial charge in [-0.15, -0.1) is 0 Å². The van der Waals surface area contributed by atoms with E-state index in [2.05, 4.69) is 24.4 Å². The van der Waals surface area contributed by atoms with Gasteiger partial charge in [-0.25, -0.2) is 4.39 Å². The Labute approximate surface area is 143 Å². The molecule has 1 saturated heterocycles. The Morgan fingerprint density at radius 3 is 2.54 bits per heavy atom. The van der Waals surface area contributed by atoms with Gasteiger partial charge >= 0.3 is 0 Å². The maximum absolute atomic E-state index is 14.4. The van der Waals surface area contributed by atoms with Crippen molar-refractivity contribution in [2.24, 2.45) is 0 Å². The van der Waals surface area contributed by atoms with Gasteiger partial charge in [-0.3, -0.25) is 0 Å². The third kappa shape index (κ3) is 4.13. The molecule has 1 fully saturated rings. The third-order valence-corrected chi connectivity index (χ3v) is 4.73. The van der Waals surface area contributed by atoms with Crippen LogP contribution < -0.4 is 10.2 Å². The summed E-state index contributed by atoms with van der Waals surface area (Å²) in [5.41, 5.74) is 2.80. The molecular formula is C20H25FN2O. The molecule has 1 heterocycles. The summed E-state index contributed by atoms with van der Waals surface area (Å²) in [7, 11) is 0. The van der Waals surface area contributed by atoms with Gasteiger partial charge in [0.15, 0.2) is 0 Å². The predicted octanol–water partition coefficient (Wildman–Crippen LogP) is 3.64. The summed E-state index contributed by atoms with van der Waals surface area (Å²) < 4.78 is 14.4. The number of aliphatic hydroxyl groups is 1. The van der Waals surface area contributed by atoms with Crippen LogP contribution >= 0.6 is 0 Å². The average molecular weight is 328 g/mol. The Morgan fingerprint density at radius 1 is 1.17 bits per heavy atom. The van der Waals surface area contributed by atoms with Crippen molar-refractivity contribution >= 4 is 5.69 Å². The first-order valence-corrected chi connectivity index (χ1v) is 8.63. The largest absolute Gasteiger partial charge is 0.393 e. The van der Waals surface area contributed by atoms with E-state index >= 15 is 0 Å². The number of hydrogen-bond donors (Lipinski definition) is 2. The molecule has 4 heteroatoms. The molecule has 3 rings (SSSR count). The van der Waals surface area contributed by atoms with E-state index in [0.717, 1.165) is 5.56 Å². The van der Waals surface area contributed by atoms with Gasteiger partial charge in [-0.2, -0.15) is 0 Å². The van der Waals surface area contributed by atoms with Crippen molar-refractivity contribution in [2.45, 2.75) is 38.5 Å². The summed E-state index contributed by atoms with van der Waals surface area (Å²) in [5, 5.41) is 13.0. The van der Waals surface area contributed by atoms with Crippen molar-refractivity contribution in [1.82, 2.24) is 5.32 Å². The van der Waals surface area contributed by atoms with Crippen LogP contribution in [0.4, 0.5) is 10.1 Å². The van der Waals surface area contributed by atoms with Crippen molar-refractivity contribution in [2.75, 3.05) is 18.0 Å². The summed E-state index contributed by atoms with van der Waals surface area (Å²) >= 11 is 0. The van der Waals surface area contributed by atoms with Crippen molar-refractivity contribution < 1.29 is 9.50 Å². The van der Waals surface area contributed by atoms with Crippen LogP contribution in [0.1, 0.15) is 36.9 Å². The molecule has 0 aliphatic carbocycles. The highest BCUT2D eigenvalue weighted by Gasteiger charge is 2.19. The number of benzene rings is 2. The number of nitrogens with zero attached hydrogens (tertiary/aromatic N) is 1. The fraction of sp³-hybridized carbons (Fsp3) is 0.400. The van der Waals surface area contributed by atoms with E-state index in [4.69, 9.17) is 0 Å². The lowest BCUT2D eigenvalue weighted by Crippen LogP contribution is -2.36. The SMILES string of the molecule is CC(NCc1ccc(N2CCC(O)CC2)c(F)c1)c1ccccc1. The van der Waals surface area contributed by atoms with Crippen molar-refractivity contribution in [3.8, 4) is 0 Å². The maximum Gasteiger partial charge on any atom is 0.146 e. The third-order valence-electron chi connectivity index (χ3n) is 4.73. The van der Waals surface area contributed by atoms with Gasteiger partial charge < -0.3 is 15.3 Å². The molecule has 128 valence electrons. The molecule has 24 heavy (non-hydrogen) atoms. The van der Waals surface area contributed by atoms with Crippen LogP contribution in [0.2, 0.25) is 0 Å². The number of halogens is 1. The van der Waals surface area contributed by atoms with Crippen molar-refractivity contribution in [1.29, 1.82) is 0 Å². The van der Waals surface area contributed by atoms with Crippen LogP contribution in [0.3, 0.4) is 0 Å². The Hall–Kier alpha value is -1.91. The molecule has 0 spiro atoms. The van der Waals surface area contributed by atoms with Gasteiger partial charge in [-0.1, -0.05) is 36.4 Å². The molecule has 1 atom stereocenters. The van der Waals surface area contributed by atoms with E-state index in [1.807, 2.05) is 35.2 Å². The first kappa shape index (κ1) is 16.9. The molecule has 1 aliphatic heterocycles. The second-order valence-corrected chi connectivity index (χ2v) is 6.52. The van der Waals surface area contributed by atoms with Crippen LogP contribution in [0, 0.1) is 5.82 Å². The minimum absolute atomic E-state index is 0.182. The molecule has 1 unspecified atom stereocenters. The second-order valence-electron chi connectivity index (χ2n) is 6.52. The maximum atomic E-state index is 14.4. The van der Waals surface area contributed by atoms with Crippen molar-refractivity contribution in [3.63, 3.8) is 0 Å². The lowest BCUT2D eigenvalue weighted by Gasteiger charge is -2.31. The molecule has 2 aromatic rings. The highest BCUT2D eigenvalue weighted by atomic mass is 19.1. The van der Waals surface area contributed by atoms with E-state index in [1.165, 1.54) is 5.56 Å². The number of aliphatic hydroxyl groups excluding tert-OH is 1. The van der Waals surface area contributed by atoms with Crippen LogP contribution in [0.15, 0.2) is 48.5 Å². The minimum atomic E-state index is -0.243. The first-order chi connectivity index (χ1) is 11.6. The average Bonchev–Trinajstić information content (AvgIpc) is 2.61. The number of piperidine rings is 1. The lowest BCUT2D eigenvalue weighted by molar-refractivity contribution is 0.145. The Morgan fingerprint density at radius 2 is 1.88 bits per heavy atom. The van der Waals surface area contributed by atoms with Gasteiger partial charge in [0.2, 0.25) is 0 Å². The zero-order valence-electron chi connectivity index (χ0n) is 14.1. The number of nitrogens with one attached hydrogen (secondary N) is 1. The van der Waals surface area contributed by atoms with Crippen LogP contribution in [-0.2, 0) is 6.54 Å². The lowest BCUT2D eigenvalue weighted by atomic mass is 10.1. The molecule has 1 aliphatic rings. The van der Waals surface area contributed by atoms with Crippen LogP contribution in [-0.4, -0.2) is 24.3 Å². The quantitative estimate of drug-likeness (QED) is 0.880. The highest BCUT2D eigenvalue weighted by Crippen LogP contribution is 2.24. The van der Waals surface area contributed by atoms with Gasteiger partial charge in [0.1, 0.15) is 5.82 Å². The van der Waals surface area contributed by atoms with Gasteiger partial charge in [0.05, 0.1) is 11.8 Å². The van der Waals surface area contributed by atoms with E-state index in [-0.39, 0.29) is 18.0 Å². The van der Waals surface area contributed by atoms with E-state index in [1.54, 1.807) is 6.07 Å². The summed E-state index contributed by atoms with van der Waals surface area (Å²) in [6.45, 7) is 4.16. The number of hydrogen-bond acceptors (Lipinski definition) is 3. The first-order valence-electron chi connectivity index (χ1n) is 8.63. The Bertz CT molecular complexity index is 654. The molecule has 0 saturated carbocycles. The topological polar surface area (TPSA) is 35.5 Å². The number of rotatable bonds is 5. The van der Waals surface area contributed by atoms with Gasteiger partial charge in [0, 0.05) is 25.7 Å². The molecule has 0 aromatic heterocycles. The normalized spacial score (nSPS) is 17.0. The zero-order valence-corrected chi connectivity index (χ0v) is 14.1. The molecule has 0 amide bonds. The van der Waals surface area contributed by atoms with E-state index in [9.17, 15) is 9.50 Å². The zero-order chi connectivity index (χ0) is 16.9. The van der Waals surface area contributed by atoms with Crippen LogP contribution in [0.25, 0.3) is 0 Å². The minimum Gasteiger partial charge on any atom is -0.393 e. The smallest absolute Gasteiger partial charge is 0.146 e. The molecular weight excluding hydrogens is 303 g/mol. The van der Waals surface area contributed by atoms with Crippen LogP contribution in [0.5, 0.6) is 0 Å². The Balaban J connectivity index is 1.60. The molecule has 0 radical (unpaired) electrons.